The second kappa shape index (κ2) is 7.85. The Kier molecular flexibility index (Phi) is 6.11. The van der Waals surface area contributed by atoms with Gasteiger partial charge in [-0.1, -0.05) is 41.9 Å². The molecule has 0 unspecified atom stereocenters. The summed E-state index contributed by atoms with van der Waals surface area (Å²) in [6, 6.07) is 7.48. The Bertz CT molecular complexity index is 625. The van der Waals surface area contributed by atoms with Crippen molar-refractivity contribution in [2.75, 3.05) is 0 Å². The fourth-order valence-electron chi connectivity index (χ4n) is 2.08. The zero-order valence-electron chi connectivity index (χ0n) is 12.5. The standard InChI is InChI=1S/C16H19BrN2O2S/c1-10(2)7-14(16(20)21)18-8-13-9-19-15(22-13)11-3-5-12(17)6-4-11/h3-6,9-10,14,18H,7-8H2,1-2H3,(H,20,21)/t14-/m0/s1. The Balaban J connectivity index is 1.99. The fourth-order valence-corrected chi connectivity index (χ4v) is 3.21. The Labute approximate surface area is 142 Å². The van der Waals surface area contributed by atoms with E-state index in [0.717, 1.165) is 19.9 Å². The molecule has 0 fully saturated rings. The first-order valence-electron chi connectivity index (χ1n) is 7.12. The van der Waals surface area contributed by atoms with Gasteiger partial charge in [-0.2, -0.15) is 0 Å². The molecule has 0 spiro atoms. The molecule has 0 bridgehead atoms. The third kappa shape index (κ3) is 4.90. The van der Waals surface area contributed by atoms with Crippen LogP contribution in [0.1, 0.15) is 25.1 Å². The molecule has 118 valence electrons. The Morgan fingerprint density at radius 2 is 2.05 bits per heavy atom. The van der Waals surface area contributed by atoms with Crippen LogP contribution in [0.2, 0.25) is 0 Å². The van der Waals surface area contributed by atoms with E-state index in [9.17, 15) is 9.90 Å². The van der Waals surface area contributed by atoms with Gasteiger partial charge in [0.1, 0.15) is 11.0 Å². The molecule has 22 heavy (non-hydrogen) atoms. The molecule has 1 aromatic heterocycles. The second-order valence-corrected chi connectivity index (χ2v) is 7.57. The maximum Gasteiger partial charge on any atom is 0.320 e. The summed E-state index contributed by atoms with van der Waals surface area (Å²) in [6.45, 7) is 4.57. The molecule has 6 heteroatoms. The summed E-state index contributed by atoms with van der Waals surface area (Å²) in [5, 5.41) is 13.3. The molecule has 2 N–H and O–H groups in total. The van der Waals surface area contributed by atoms with Crippen LogP contribution in [-0.2, 0) is 11.3 Å². The molecule has 1 heterocycles. The monoisotopic (exact) mass is 382 g/mol. The van der Waals surface area contributed by atoms with Gasteiger partial charge in [0.15, 0.2) is 0 Å². The summed E-state index contributed by atoms with van der Waals surface area (Å²) in [7, 11) is 0. The van der Waals surface area contributed by atoms with Gasteiger partial charge >= 0.3 is 5.97 Å². The number of nitrogens with one attached hydrogen (secondary N) is 1. The van der Waals surface area contributed by atoms with Gasteiger partial charge in [-0.3, -0.25) is 10.1 Å². The summed E-state index contributed by atoms with van der Waals surface area (Å²) in [5.74, 6) is -0.459. The third-order valence-corrected chi connectivity index (χ3v) is 4.75. The number of carboxylic acids is 1. The van der Waals surface area contributed by atoms with Crippen LogP contribution in [-0.4, -0.2) is 22.1 Å². The SMILES string of the molecule is CC(C)C[C@H](NCc1cnc(-c2ccc(Br)cc2)s1)C(=O)O. The number of aliphatic carboxylic acids is 1. The average Bonchev–Trinajstić information content (AvgIpc) is 2.92. The smallest absolute Gasteiger partial charge is 0.320 e. The zero-order valence-corrected chi connectivity index (χ0v) is 14.9. The van der Waals surface area contributed by atoms with Crippen LogP contribution in [0.5, 0.6) is 0 Å². The molecule has 0 aliphatic rings. The number of hydrogen-bond acceptors (Lipinski definition) is 4. The van der Waals surface area contributed by atoms with Gasteiger partial charge in [-0.05, 0) is 24.5 Å². The van der Waals surface area contributed by atoms with Crippen molar-refractivity contribution in [3.63, 3.8) is 0 Å². The molecule has 0 radical (unpaired) electrons. The van der Waals surface area contributed by atoms with Crippen molar-refractivity contribution >= 4 is 33.2 Å². The van der Waals surface area contributed by atoms with E-state index in [1.54, 1.807) is 11.3 Å². The molecule has 2 aromatic rings. The quantitative estimate of drug-likeness (QED) is 0.754. The molecule has 0 aliphatic heterocycles. The molecule has 4 nitrogen and oxygen atoms in total. The Morgan fingerprint density at radius 3 is 2.64 bits per heavy atom. The Hall–Kier alpha value is -1.24. The van der Waals surface area contributed by atoms with Crippen LogP contribution >= 0.6 is 27.3 Å². The molecule has 2 rings (SSSR count). The topological polar surface area (TPSA) is 62.2 Å². The van der Waals surface area contributed by atoms with Crippen molar-refractivity contribution in [2.24, 2.45) is 5.92 Å². The molecule has 0 aliphatic carbocycles. The normalized spacial score (nSPS) is 12.5. The predicted molar refractivity (Wildman–Crippen MR) is 93.0 cm³/mol. The van der Waals surface area contributed by atoms with Gasteiger partial charge < -0.3 is 5.11 Å². The molecular weight excluding hydrogens is 364 g/mol. The second-order valence-electron chi connectivity index (χ2n) is 5.54. The van der Waals surface area contributed by atoms with Crippen molar-refractivity contribution in [1.29, 1.82) is 0 Å². The van der Waals surface area contributed by atoms with E-state index >= 15 is 0 Å². The largest absolute Gasteiger partial charge is 0.480 e. The minimum atomic E-state index is -0.800. The number of rotatable bonds is 7. The highest BCUT2D eigenvalue weighted by molar-refractivity contribution is 9.10. The van der Waals surface area contributed by atoms with Crippen LogP contribution < -0.4 is 5.32 Å². The lowest BCUT2D eigenvalue weighted by atomic mass is 10.0. The van der Waals surface area contributed by atoms with Crippen LogP contribution in [0.3, 0.4) is 0 Å². The number of benzene rings is 1. The summed E-state index contributed by atoms with van der Waals surface area (Å²) < 4.78 is 1.03. The van der Waals surface area contributed by atoms with E-state index in [1.807, 2.05) is 44.3 Å². The maximum atomic E-state index is 11.2. The van der Waals surface area contributed by atoms with Gasteiger partial charge in [0, 0.05) is 27.7 Å². The maximum absolute atomic E-state index is 11.2. The number of aromatic nitrogens is 1. The van der Waals surface area contributed by atoms with Crippen molar-refractivity contribution in [2.45, 2.75) is 32.9 Å². The molecule has 0 saturated heterocycles. The van der Waals surface area contributed by atoms with E-state index in [1.165, 1.54) is 0 Å². The van der Waals surface area contributed by atoms with Crippen LogP contribution in [0.25, 0.3) is 10.6 Å². The summed E-state index contributed by atoms with van der Waals surface area (Å²) in [4.78, 5) is 16.7. The highest BCUT2D eigenvalue weighted by Crippen LogP contribution is 2.26. The molecule has 0 saturated carbocycles. The van der Waals surface area contributed by atoms with Gasteiger partial charge in [-0.25, -0.2) is 4.98 Å². The number of nitrogens with zero attached hydrogens (tertiary/aromatic N) is 1. The average molecular weight is 383 g/mol. The minimum Gasteiger partial charge on any atom is -0.480 e. The predicted octanol–water partition coefficient (Wildman–Crippen LogP) is 4.16. The van der Waals surface area contributed by atoms with Gasteiger partial charge in [-0.15, -0.1) is 11.3 Å². The van der Waals surface area contributed by atoms with E-state index < -0.39 is 12.0 Å². The van der Waals surface area contributed by atoms with Crippen molar-refractivity contribution in [3.05, 3.63) is 39.8 Å². The van der Waals surface area contributed by atoms with Crippen molar-refractivity contribution < 1.29 is 9.90 Å². The highest BCUT2D eigenvalue weighted by atomic mass is 79.9. The molecule has 1 aromatic carbocycles. The lowest BCUT2D eigenvalue weighted by molar-refractivity contribution is -0.140. The van der Waals surface area contributed by atoms with Crippen molar-refractivity contribution in [1.82, 2.24) is 10.3 Å². The highest BCUT2D eigenvalue weighted by Gasteiger charge is 2.18. The number of carbonyl (C=O) groups is 1. The number of halogens is 1. The molecule has 0 amide bonds. The number of carboxylic acid groups (broad SMARTS) is 1. The first kappa shape index (κ1) is 17.1. The fraction of sp³-hybridized carbons (Fsp3) is 0.375. The third-order valence-electron chi connectivity index (χ3n) is 3.17. The lowest BCUT2D eigenvalue weighted by Gasteiger charge is -2.15. The first-order chi connectivity index (χ1) is 10.5. The number of thiazole rings is 1. The van der Waals surface area contributed by atoms with Crippen molar-refractivity contribution in [3.8, 4) is 10.6 Å². The first-order valence-corrected chi connectivity index (χ1v) is 8.73. The lowest BCUT2D eigenvalue weighted by Crippen LogP contribution is -2.37. The van der Waals surface area contributed by atoms with Gasteiger partial charge in [0.05, 0.1) is 0 Å². The zero-order chi connectivity index (χ0) is 16.1. The van der Waals surface area contributed by atoms with Crippen LogP contribution in [0, 0.1) is 5.92 Å². The van der Waals surface area contributed by atoms with E-state index in [-0.39, 0.29) is 0 Å². The van der Waals surface area contributed by atoms with Crippen LogP contribution in [0.4, 0.5) is 0 Å². The van der Waals surface area contributed by atoms with Gasteiger partial charge in [0.25, 0.3) is 0 Å². The minimum absolute atomic E-state index is 0.341. The molecule has 1 atom stereocenters. The summed E-state index contributed by atoms with van der Waals surface area (Å²) in [6.07, 6.45) is 2.43. The number of hydrogen-bond donors (Lipinski definition) is 2. The summed E-state index contributed by atoms with van der Waals surface area (Å²) >= 11 is 5.00. The van der Waals surface area contributed by atoms with E-state index in [0.29, 0.717) is 18.9 Å². The Morgan fingerprint density at radius 1 is 1.36 bits per heavy atom. The molecular formula is C16H19BrN2O2S. The van der Waals surface area contributed by atoms with Gasteiger partial charge in [0.2, 0.25) is 0 Å². The van der Waals surface area contributed by atoms with E-state index in [4.69, 9.17) is 0 Å². The van der Waals surface area contributed by atoms with Crippen LogP contribution in [0.15, 0.2) is 34.9 Å². The summed E-state index contributed by atoms with van der Waals surface area (Å²) in [5.41, 5.74) is 1.07. The van der Waals surface area contributed by atoms with E-state index in [2.05, 4.69) is 26.2 Å².